The summed E-state index contributed by atoms with van der Waals surface area (Å²) in [5, 5.41) is 0. The van der Waals surface area contributed by atoms with E-state index in [9.17, 15) is 4.79 Å². The highest BCUT2D eigenvalue weighted by Crippen LogP contribution is 1.86. The first-order chi connectivity index (χ1) is 4.79. The Balaban J connectivity index is 2.64. The minimum absolute atomic E-state index is 0.0358. The van der Waals surface area contributed by atoms with Gasteiger partial charge in [0.1, 0.15) is 0 Å². The first-order valence-corrected chi connectivity index (χ1v) is 2.95. The third kappa shape index (κ3) is 1.85. The molecular formula is C7H8N2O. The summed E-state index contributed by atoms with van der Waals surface area (Å²) in [5.41, 5.74) is 0. The highest BCUT2D eigenvalue weighted by Gasteiger charge is 1.82. The van der Waals surface area contributed by atoms with Gasteiger partial charge in [0.05, 0.1) is 6.33 Å². The maximum Gasteiger partial charge on any atom is 0.154 e. The summed E-state index contributed by atoms with van der Waals surface area (Å²) < 4.78 is 1.71. The van der Waals surface area contributed by atoms with E-state index in [4.69, 9.17) is 0 Å². The Labute approximate surface area is 59.0 Å². The largest absolute Gasteiger partial charge is 0.313 e. The van der Waals surface area contributed by atoms with Gasteiger partial charge in [0.15, 0.2) is 5.78 Å². The van der Waals surface area contributed by atoms with Crippen molar-refractivity contribution in [3.63, 3.8) is 0 Å². The number of ketones is 1. The lowest BCUT2D eigenvalue weighted by molar-refractivity contribution is -0.112. The molecule has 0 atom stereocenters. The average Bonchev–Trinajstić information content (AvgIpc) is 2.34. The fourth-order valence-corrected chi connectivity index (χ4v) is 0.549. The van der Waals surface area contributed by atoms with Crippen molar-refractivity contribution in [3.05, 3.63) is 24.8 Å². The van der Waals surface area contributed by atoms with E-state index in [1.54, 1.807) is 29.5 Å². The van der Waals surface area contributed by atoms with E-state index >= 15 is 0 Å². The van der Waals surface area contributed by atoms with E-state index in [0.29, 0.717) is 0 Å². The fraction of sp³-hybridized carbons (Fsp3) is 0.143. The lowest BCUT2D eigenvalue weighted by atomic mass is 10.4. The molecule has 0 amide bonds. The van der Waals surface area contributed by atoms with E-state index < -0.39 is 0 Å². The van der Waals surface area contributed by atoms with E-state index in [2.05, 4.69) is 4.98 Å². The molecule has 0 aliphatic heterocycles. The molecule has 0 spiro atoms. The molecule has 1 aromatic rings. The topological polar surface area (TPSA) is 34.9 Å². The van der Waals surface area contributed by atoms with Gasteiger partial charge in [-0.25, -0.2) is 4.98 Å². The average molecular weight is 136 g/mol. The summed E-state index contributed by atoms with van der Waals surface area (Å²) >= 11 is 0. The van der Waals surface area contributed by atoms with Crippen LogP contribution in [0.1, 0.15) is 6.92 Å². The lowest BCUT2D eigenvalue weighted by Gasteiger charge is -1.85. The van der Waals surface area contributed by atoms with Crippen molar-refractivity contribution >= 4 is 12.0 Å². The van der Waals surface area contributed by atoms with Gasteiger partial charge in [0, 0.05) is 18.6 Å². The van der Waals surface area contributed by atoms with Gasteiger partial charge in [-0.1, -0.05) is 0 Å². The van der Waals surface area contributed by atoms with Crippen molar-refractivity contribution in [2.45, 2.75) is 6.92 Å². The van der Waals surface area contributed by atoms with Crippen LogP contribution in [0.2, 0.25) is 0 Å². The summed E-state index contributed by atoms with van der Waals surface area (Å²) in [6.45, 7) is 1.51. The van der Waals surface area contributed by atoms with Crippen LogP contribution >= 0.6 is 0 Å². The zero-order valence-electron chi connectivity index (χ0n) is 5.69. The van der Waals surface area contributed by atoms with Gasteiger partial charge in [0.2, 0.25) is 0 Å². The van der Waals surface area contributed by atoms with E-state index in [1.165, 1.54) is 13.0 Å². The number of imidazole rings is 1. The molecule has 0 bridgehead atoms. The maximum absolute atomic E-state index is 10.4. The molecule has 10 heavy (non-hydrogen) atoms. The number of carbonyl (C=O) groups is 1. The van der Waals surface area contributed by atoms with Gasteiger partial charge in [-0.05, 0) is 13.0 Å². The normalized spacial score (nSPS) is 10.5. The number of aromatic nitrogens is 2. The van der Waals surface area contributed by atoms with Crippen LogP contribution in [0.5, 0.6) is 0 Å². The molecule has 0 aliphatic rings. The van der Waals surface area contributed by atoms with Crippen LogP contribution in [-0.4, -0.2) is 15.3 Å². The molecule has 0 N–H and O–H groups in total. The Bertz CT molecular complexity index is 236. The molecule has 3 heteroatoms. The molecule has 0 aliphatic carbocycles. The molecule has 0 radical (unpaired) electrons. The Morgan fingerprint density at radius 3 is 3.00 bits per heavy atom. The highest BCUT2D eigenvalue weighted by molar-refractivity contribution is 5.89. The van der Waals surface area contributed by atoms with E-state index in [1.807, 2.05) is 0 Å². The third-order valence-corrected chi connectivity index (χ3v) is 1.01. The van der Waals surface area contributed by atoms with E-state index in [0.717, 1.165) is 0 Å². The number of rotatable bonds is 2. The Morgan fingerprint density at radius 1 is 1.70 bits per heavy atom. The summed E-state index contributed by atoms with van der Waals surface area (Å²) in [5.74, 6) is 0.0358. The Hall–Kier alpha value is -1.38. The number of carbonyl (C=O) groups excluding carboxylic acids is 1. The first kappa shape index (κ1) is 6.74. The monoisotopic (exact) mass is 136 g/mol. The fourth-order valence-electron chi connectivity index (χ4n) is 0.549. The second kappa shape index (κ2) is 2.96. The zero-order valence-corrected chi connectivity index (χ0v) is 5.69. The van der Waals surface area contributed by atoms with Gasteiger partial charge in [-0.15, -0.1) is 0 Å². The number of nitrogens with zero attached hydrogens (tertiary/aromatic N) is 2. The lowest BCUT2D eigenvalue weighted by Crippen LogP contribution is -1.84. The van der Waals surface area contributed by atoms with Crippen LogP contribution in [-0.2, 0) is 4.79 Å². The van der Waals surface area contributed by atoms with Crippen molar-refractivity contribution in [1.29, 1.82) is 0 Å². The first-order valence-electron chi connectivity index (χ1n) is 2.95. The second-order valence-electron chi connectivity index (χ2n) is 1.94. The molecule has 3 nitrogen and oxygen atoms in total. The van der Waals surface area contributed by atoms with Crippen molar-refractivity contribution in [2.24, 2.45) is 0 Å². The minimum atomic E-state index is 0.0358. The number of hydrogen-bond acceptors (Lipinski definition) is 2. The van der Waals surface area contributed by atoms with Crippen LogP contribution in [0.3, 0.4) is 0 Å². The molecule has 52 valence electrons. The molecule has 0 saturated heterocycles. The molecule has 0 aromatic carbocycles. The Morgan fingerprint density at radius 2 is 2.50 bits per heavy atom. The van der Waals surface area contributed by atoms with Crippen LogP contribution in [0.15, 0.2) is 24.8 Å². The van der Waals surface area contributed by atoms with Gasteiger partial charge in [-0.2, -0.15) is 0 Å². The van der Waals surface area contributed by atoms with Crippen molar-refractivity contribution in [1.82, 2.24) is 9.55 Å². The molecule has 1 aromatic heterocycles. The molecule has 0 unspecified atom stereocenters. The molecule has 1 rings (SSSR count). The van der Waals surface area contributed by atoms with Crippen LogP contribution < -0.4 is 0 Å². The van der Waals surface area contributed by atoms with Crippen LogP contribution in [0, 0.1) is 0 Å². The molecular weight excluding hydrogens is 128 g/mol. The second-order valence-corrected chi connectivity index (χ2v) is 1.94. The van der Waals surface area contributed by atoms with Gasteiger partial charge >= 0.3 is 0 Å². The summed E-state index contributed by atoms with van der Waals surface area (Å²) in [6, 6.07) is 0. The summed E-state index contributed by atoms with van der Waals surface area (Å²) in [4.78, 5) is 14.2. The standard InChI is InChI=1S/C7H8N2O/c1-7(10)2-4-9-5-3-8-6-9/h2-6H,1H3/b4-2+. The van der Waals surface area contributed by atoms with Crippen molar-refractivity contribution < 1.29 is 4.79 Å². The quantitative estimate of drug-likeness (QED) is 0.567. The number of hydrogen-bond donors (Lipinski definition) is 0. The summed E-state index contributed by atoms with van der Waals surface area (Å²) in [6.07, 6.45) is 8.19. The zero-order chi connectivity index (χ0) is 7.40. The van der Waals surface area contributed by atoms with Gasteiger partial charge in [0.25, 0.3) is 0 Å². The van der Waals surface area contributed by atoms with Crippen LogP contribution in [0.25, 0.3) is 6.20 Å². The van der Waals surface area contributed by atoms with Crippen LogP contribution in [0.4, 0.5) is 0 Å². The maximum atomic E-state index is 10.4. The summed E-state index contributed by atoms with van der Waals surface area (Å²) in [7, 11) is 0. The predicted molar refractivity (Wildman–Crippen MR) is 38.2 cm³/mol. The van der Waals surface area contributed by atoms with Crippen molar-refractivity contribution in [2.75, 3.05) is 0 Å². The van der Waals surface area contributed by atoms with Gasteiger partial charge in [-0.3, -0.25) is 4.79 Å². The predicted octanol–water partition coefficient (Wildman–Crippen LogP) is 0.943. The molecule has 0 fully saturated rings. The smallest absolute Gasteiger partial charge is 0.154 e. The highest BCUT2D eigenvalue weighted by atomic mass is 16.1. The molecule has 1 heterocycles. The SMILES string of the molecule is CC(=O)/C=C/n1ccnc1. The minimum Gasteiger partial charge on any atom is -0.313 e. The number of allylic oxidation sites excluding steroid dienone is 1. The molecule has 0 saturated carbocycles. The third-order valence-electron chi connectivity index (χ3n) is 1.01. The Kier molecular flexibility index (Phi) is 1.99. The van der Waals surface area contributed by atoms with Gasteiger partial charge < -0.3 is 4.57 Å². The van der Waals surface area contributed by atoms with Crippen molar-refractivity contribution in [3.8, 4) is 0 Å². The van der Waals surface area contributed by atoms with E-state index in [-0.39, 0.29) is 5.78 Å².